The van der Waals surface area contributed by atoms with Crippen LogP contribution in [-0.4, -0.2) is 13.3 Å². The van der Waals surface area contributed by atoms with E-state index in [1.54, 1.807) is 23.3 Å². The third kappa shape index (κ3) is 5.80. The molecule has 0 bridgehead atoms. The summed E-state index contributed by atoms with van der Waals surface area (Å²) in [6.45, 7) is 10.7. The van der Waals surface area contributed by atoms with E-state index in [1.165, 1.54) is 22.9 Å². The third-order valence-corrected chi connectivity index (χ3v) is 7.23. The molecule has 0 N–H and O–H groups in total. The Morgan fingerprint density at radius 1 is 0.964 bits per heavy atom. The van der Waals surface area contributed by atoms with Crippen molar-refractivity contribution < 1.29 is 0 Å². The summed E-state index contributed by atoms with van der Waals surface area (Å²) in [7, 11) is 0. The molecule has 0 aliphatic carbocycles. The monoisotopic (exact) mass is 445 g/mol. The van der Waals surface area contributed by atoms with Gasteiger partial charge in [0.1, 0.15) is 0 Å². The first kappa shape index (κ1) is 21.3. The van der Waals surface area contributed by atoms with E-state index >= 15 is 0 Å². The van der Waals surface area contributed by atoms with E-state index < -0.39 is 0 Å². The smallest absolute Gasteiger partial charge is 0.229 e. The van der Waals surface area contributed by atoms with Crippen LogP contribution in [0.4, 0.5) is 0 Å². The van der Waals surface area contributed by atoms with Crippen molar-refractivity contribution in [1.29, 1.82) is 0 Å². The van der Waals surface area contributed by atoms with Crippen molar-refractivity contribution in [3.63, 3.8) is 0 Å². The summed E-state index contributed by atoms with van der Waals surface area (Å²) in [5, 5.41) is 0.934. The summed E-state index contributed by atoms with van der Waals surface area (Å²) in [6.07, 6.45) is 0. The molecule has 0 spiro atoms. The Morgan fingerprint density at radius 2 is 1.50 bits per heavy atom. The first-order chi connectivity index (χ1) is 13.2. The molecule has 2 aromatic carbocycles. The average molecular weight is 446 g/mol. The number of nitrogens with zero attached hydrogens (tertiary/aromatic N) is 3. The van der Waals surface area contributed by atoms with E-state index in [0.29, 0.717) is 9.12 Å². The quantitative estimate of drug-likeness (QED) is 0.342. The zero-order chi connectivity index (χ0) is 20.3. The Kier molecular flexibility index (Phi) is 6.81. The van der Waals surface area contributed by atoms with Crippen LogP contribution >= 0.6 is 47.3 Å². The van der Waals surface area contributed by atoms with Crippen molar-refractivity contribution in [3.8, 4) is 0 Å². The highest BCUT2D eigenvalue weighted by Crippen LogP contribution is 2.31. The second kappa shape index (κ2) is 8.95. The molecule has 3 rings (SSSR count). The van der Waals surface area contributed by atoms with Crippen LogP contribution in [0.3, 0.4) is 0 Å². The van der Waals surface area contributed by atoms with Gasteiger partial charge in [0.05, 0.1) is 0 Å². The molecule has 7 heteroatoms. The number of rotatable bonds is 3. The van der Waals surface area contributed by atoms with E-state index in [-0.39, 0.29) is 5.54 Å². The molecule has 0 unspecified atom stereocenters. The number of thioether (sulfide) groups is 1. The molecule has 1 aromatic heterocycles. The summed E-state index contributed by atoms with van der Waals surface area (Å²) in [4.78, 5) is 12.3. The molecule has 3 nitrogen and oxygen atoms in total. The van der Waals surface area contributed by atoms with Crippen LogP contribution in [0.5, 0.6) is 0 Å². The number of aryl methyl sites for hydroxylation is 2. The van der Waals surface area contributed by atoms with Crippen LogP contribution in [-0.2, 0) is 5.54 Å². The molecule has 3 aromatic rings. The standard InChI is InChI=1S/C21H23N3S4/c1-14-6-10-16(11-7-14)26-19-22-18(28-24(19)21(3,4)5)23-20(25)27-17-12-8-15(2)9-13-17/h6-13H,1-5H3/b23-18-. The zero-order valence-electron chi connectivity index (χ0n) is 16.6. The molecule has 0 saturated carbocycles. The average Bonchev–Trinajstić information content (AvgIpc) is 3.01. The van der Waals surface area contributed by atoms with Crippen molar-refractivity contribution in [1.82, 2.24) is 8.94 Å². The van der Waals surface area contributed by atoms with Gasteiger partial charge < -0.3 is 0 Å². The summed E-state index contributed by atoms with van der Waals surface area (Å²) >= 11 is 10.2. The first-order valence-electron chi connectivity index (χ1n) is 8.89. The highest BCUT2D eigenvalue weighted by Gasteiger charge is 2.20. The molecular formula is C21H23N3S4. The molecule has 146 valence electrons. The Balaban J connectivity index is 1.87. The maximum Gasteiger partial charge on any atom is 0.229 e. The number of hydrogen-bond acceptors (Lipinski definition) is 5. The molecule has 0 saturated heterocycles. The molecule has 0 atom stereocenters. The normalized spacial score (nSPS) is 12.4. The van der Waals surface area contributed by atoms with Gasteiger partial charge in [-0.1, -0.05) is 58.9 Å². The Morgan fingerprint density at radius 3 is 2.04 bits per heavy atom. The van der Waals surface area contributed by atoms with E-state index in [9.17, 15) is 0 Å². The molecule has 0 radical (unpaired) electrons. The SMILES string of the molecule is Cc1ccc(SC(=S)/N=c2/nc(Sc3ccc(C)cc3)n(C(C)(C)C)s2)cc1. The van der Waals surface area contributed by atoms with Gasteiger partial charge >= 0.3 is 0 Å². The van der Waals surface area contributed by atoms with Crippen molar-refractivity contribution in [2.75, 3.05) is 0 Å². The van der Waals surface area contributed by atoms with Crippen LogP contribution < -0.4 is 4.80 Å². The topological polar surface area (TPSA) is 30.2 Å². The van der Waals surface area contributed by atoms with Crippen molar-refractivity contribution in [3.05, 3.63) is 64.5 Å². The maximum atomic E-state index is 5.49. The number of hydrogen-bond donors (Lipinski definition) is 0. The predicted molar refractivity (Wildman–Crippen MR) is 126 cm³/mol. The summed E-state index contributed by atoms with van der Waals surface area (Å²) < 4.78 is 2.78. The van der Waals surface area contributed by atoms with Gasteiger partial charge in [0, 0.05) is 15.3 Å². The van der Waals surface area contributed by atoms with Gasteiger partial charge in [-0.05, 0) is 82.6 Å². The van der Waals surface area contributed by atoms with Crippen LogP contribution in [0.15, 0.2) is 68.5 Å². The van der Waals surface area contributed by atoms with E-state index in [2.05, 4.69) is 92.1 Å². The fraction of sp³-hybridized carbons (Fsp3) is 0.286. The van der Waals surface area contributed by atoms with Crippen LogP contribution in [0.2, 0.25) is 0 Å². The molecule has 0 aliphatic rings. The second-order valence-corrected chi connectivity index (χ2v) is 11.1. The van der Waals surface area contributed by atoms with Gasteiger partial charge in [0.2, 0.25) is 4.80 Å². The second-order valence-electron chi connectivity index (χ2n) is 7.44. The van der Waals surface area contributed by atoms with E-state index in [4.69, 9.17) is 17.2 Å². The molecule has 1 heterocycles. The zero-order valence-corrected chi connectivity index (χ0v) is 19.9. The maximum absolute atomic E-state index is 5.49. The van der Waals surface area contributed by atoms with Gasteiger partial charge in [-0.25, -0.2) is 0 Å². The van der Waals surface area contributed by atoms with Crippen molar-refractivity contribution >= 4 is 51.6 Å². The van der Waals surface area contributed by atoms with Gasteiger partial charge in [0.25, 0.3) is 0 Å². The van der Waals surface area contributed by atoms with E-state index in [1.807, 2.05) is 0 Å². The highest BCUT2D eigenvalue weighted by molar-refractivity contribution is 8.23. The minimum absolute atomic E-state index is 0.0792. The molecule has 0 aliphatic heterocycles. The summed E-state index contributed by atoms with van der Waals surface area (Å²) in [6, 6.07) is 16.8. The third-order valence-electron chi connectivity index (χ3n) is 3.79. The predicted octanol–water partition coefficient (Wildman–Crippen LogP) is 6.45. The lowest BCUT2D eigenvalue weighted by atomic mass is 10.1. The van der Waals surface area contributed by atoms with Gasteiger partial charge in [-0.3, -0.25) is 3.96 Å². The lowest BCUT2D eigenvalue weighted by molar-refractivity contribution is 0.397. The number of benzene rings is 2. The minimum Gasteiger partial charge on any atom is -0.268 e. The summed E-state index contributed by atoms with van der Waals surface area (Å²) in [5.41, 5.74) is 2.40. The van der Waals surface area contributed by atoms with E-state index in [0.717, 1.165) is 14.9 Å². The van der Waals surface area contributed by atoms with Gasteiger partial charge in [-0.2, -0.15) is 9.98 Å². The number of aromatic nitrogens is 2. The Labute approximate surface area is 184 Å². The van der Waals surface area contributed by atoms with Crippen LogP contribution in [0.1, 0.15) is 31.9 Å². The van der Waals surface area contributed by atoms with Crippen LogP contribution in [0, 0.1) is 13.8 Å². The fourth-order valence-corrected chi connectivity index (χ4v) is 5.49. The molecular weight excluding hydrogens is 423 g/mol. The summed E-state index contributed by atoms with van der Waals surface area (Å²) in [5.74, 6) is 0. The largest absolute Gasteiger partial charge is 0.268 e. The van der Waals surface area contributed by atoms with Gasteiger partial charge in [-0.15, -0.1) is 0 Å². The Hall–Kier alpha value is -1.41. The first-order valence-corrected chi connectivity index (χ1v) is 11.7. The lowest BCUT2D eigenvalue weighted by Gasteiger charge is -2.21. The molecule has 0 fully saturated rings. The fourth-order valence-electron chi connectivity index (χ4n) is 2.32. The van der Waals surface area contributed by atoms with Gasteiger partial charge in [0.15, 0.2) is 9.48 Å². The number of thiocarbonyl (C=S) groups is 1. The Bertz CT molecular complexity index is 1020. The lowest BCUT2D eigenvalue weighted by Crippen LogP contribution is -2.20. The minimum atomic E-state index is -0.0792. The molecule has 0 amide bonds. The van der Waals surface area contributed by atoms with Crippen molar-refractivity contribution in [2.45, 2.75) is 55.1 Å². The van der Waals surface area contributed by atoms with Crippen LogP contribution in [0.25, 0.3) is 0 Å². The molecule has 28 heavy (non-hydrogen) atoms. The van der Waals surface area contributed by atoms with Crippen molar-refractivity contribution in [2.24, 2.45) is 4.99 Å². The highest BCUT2D eigenvalue weighted by atomic mass is 32.2.